The van der Waals surface area contributed by atoms with Crippen LogP contribution in [-0.4, -0.2) is 0 Å². The van der Waals surface area contributed by atoms with Crippen LogP contribution in [0.4, 0.5) is 51.2 Å². The van der Waals surface area contributed by atoms with Crippen molar-refractivity contribution >= 4 is 83.5 Å². The van der Waals surface area contributed by atoms with E-state index in [1.165, 1.54) is 65.8 Å². The smallest absolute Gasteiger partial charge is 0.0546 e. The van der Waals surface area contributed by atoms with Crippen molar-refractivity contribution in [3.8, 4) is 33.4 Å². The van der Waals surface area contributed by atoms with E-state index in [0.717, 1.165) is 51.1 Å². The largest absolute Gasteiger partial charge is 0.310 e. The Morgan fingerprint density at radius 3 is 1.28 bits per heavy atom. The van der Waals surface area contributed by atoms with Gasteiger partial charge >= 0.3 is 0 Å². The van der Waals surface area contributed by atoms with Crippen LogP contribution in [0.3, 0.4) is 0 Å². The molecule has 0 aliphatic carbocycles. The first-order valence-corrected chi connectivity index (χ1v) is 23.7. The Balaban J connectivity index is 0.882. The average Bonchev–Trinajstić information content (AvgIpc) is 3.42. The van der Waals surface area contributed by atoms with Crippen LogP contribution in [0.25, 0.3) is 65.7 Å². The molecule has 0 amide bonds. The van der Waals surface area contributed by atoms with Crippen molar-refractivity contribution in [3.05, 3.63) is 273 Å². The fourth-order valence-electron chi connectivity index (χ4n) is 10.4. The standard InChI is InChI=1S/C66H45N3/c1-4-19-53(20-5-1)67(58-38-29-46-15-10-12-17-50(46)43-58)56-34-27-48(28-35-56)52-33-40-61-63-42-41-60(62-25-14-26-64(66(62)63)69(65(61)45-52)55-23-8-3-9-24-55)49-31-36-57(37-32-49)68(54-21-6-2-7-22-54)59-39-30-47-16-11-13-18-51(47)44-59/h1-45H. The maximum Gasteiger partial charge on any atom is 0.0546 e. The highest BCUT2D eigenvalue weighted by Crippen LogP contribution is 2.53. The molecule has 0 spiro atoms. The molecule has 0 N–H and O–H groups in total. The number of para-hydroxylation sites is 3. The third kappa shape index (κ3) is 7.16. The predicted molar refractivity (Wildman–Crippen MR) is 293 cm³/mol. The van der Waals surface area contributed by atoms with Crippen molar-refractivity contribution in [1.82, 2.24) is 0 Å². The average molecular weight is 880 g/mol. The lowest BCUT2D eigenvalue weighted by molar-refractivity contribution is 1.28. The molecule has 1 aliphatic rings. The summed E-state index contributed by atoms with van der Waals surface area (Å²) in [7, 11) is 0. The summed E-state index contributed by atoms with van der Waals surface area (Å²) in [6, 6.07) is 99.1. The van der Waals surface area contributed by atoms with E-state index in [4.69, 9.17) is 0 Å². The number of hydrogen-bond acceptors (Lipinski definition) is 3. The number of hydrogen-bond donors (Lipinski definition) is 0. The Labute approximate surface area is 402 Å². The molecule has 0 bridgehead atoms. The monoisotopic (exact) mass is 879 g/mol. The van der Waals surface area contributed by atoms with Crippen molar-refractivity contribution in [2.75, 3.05) is 14.7 Å². The molecule has 69 heavy (non-hydrogen) atoms. The van der Waals surface area contributed by atoms with Crippen molar-refractivity contribution in [2.24, 2.45) is 0 Å². The second-order valence-electron chi connectivity index (χ2n) is 17.8. The minimum Gasteiger partial charge on any atom is -0.310 e. The molecular weight excluding hydrogens is 835 g/mol. The Kier molecular flexibility index (Phi) is 9.84. The van der Waals surface area contributed by atoms with E-state index in [-0.39, 0.29) is 0 Å². The predicted octanol–water partition coefficient (Wildman–Crippen LogP) is 18.9. The highest BCUT2D eigenvalue weighted by atomic mass is 15.2. The van der Waals surface area contributed by atoms with Crippen LogP contribution in [0, 0.1) is 0 Å². The van der Waals surface area contributed by atoms with Crippen LogP contribution in [0.5, 0.6) is 0 Å². The van der Waals surface area contributed by atoms with E-state index in [0.29, 0.717) is 0 Å². The van der Waals surface area contributed by atoms with Crippen LogP contribution >= 0.6 is 0 Å². The number of rotatable bonds is 9. The van der Waals surface area contributed by atoms with Gasteiger partial charge in [0, 0.05) is 50.8 Å². The lowest BCUT2D eigenvalue weighted by Gasteiger charge is -2.34. The third-order valence-electron chi connectivity index (χ3n) is 13.7. The van der Waals surface area contributed by atoms with E-state index in [1.54, 1.807) is 0 Å². The topological polar surface area (TPSA) is 9.72 Å². The molecule has 1 heterocycles. The highest BCUT2D eigenvalue weighted by molar-refractivity contribution is 6.17. The highest BCUT2D eigenvalue weighted by Gasteiger charge is 2.28. The van der Waals surface area contributed by atoms with E-state index < -0.39 is 0 Å². The third-order valence-corrected chi connectivity index (χ3v) is 13.7. The van der Waals surface area contributed by atoms with Crippen LogP contribution < -0.4 is 14.7 Å². The van der Waals surface area contributed by atoms with Gasteiger partial charge in [0.05, 0.1) is 11.4 Å². The Hall–Kier alpha value is -9.18. The zero-order chi connectivity index (χ0) is 45.7. The minimum atomic E-state index is 1.11. The summed E-state index contributed by atoms with van der Waals surface area (Å²) in [5.74, 6) is 0. The first-order valence-electron chi connectivity index (χ1n) is 23.7. The zero-order valence-corrected chi connectivity index (χ0v) is 37.8. The van der Waals surface area contributed by atoms with Crippen LogP contribution in [-0.2, 0) is 0 Å². The molecule has 13 rings (SSSR count). The SMILES string of the molecule is c1ccc(N(c2ccc(-c3ccc4c(c3)N(c3ccccc3)c3cccc5c(-c6ccc(N(c7ccccc7)c7ccc8ccccc8c7)cc6)ccc-4c35)cc2)c2ccc3ccccc3c2)cc1. The number of benzene rings is 12. The Morgan fingerprint density at radius 1 is 0.246 bits per heavy atom. The number of nitrogens with zero attached hydrogens (tertiary/aromatic N) is 3. The van der Waals surface area contributed by atoms with Gasteiger partial charge < -0.3 is 14.7 Å². The molecule has 0 atom stereocenters. The van der Waals surface area contributed by atoms with Crippen molar-refractivity contribution in [3.63, 3.8) is 0 Å². The molecule has 0 fully saturated rings. The van der Waals surface area contributed by atoms with Gasteiger partial charge in [-0.15, -0.1) is 0 Å². The molecule has 0 saturated carbocycles. The molecule has 0 unspecified atom stereocenters. The summed E-state index contributed by atoms with van der Waals surface area (Å²) >= 11 is 0. The van der Waals surface area contributed by atoms with Crippen LogP contribution in [0.15, 0.2) is 273 Å². The molecule has 0 radical (unpaired) electrons. The first kappa shape index (κ1) is 40.1. The lowest BCUT2D eigenvalue weighted by atomic mass is 9.86. The fourth-order valence-corrected chi connectivity index (χ4v) is 10.4. The van der Waals surface area contributed by atoms with Gasteiger partial charge in [-0.05, 0) is 152 Å². The zero-order valence-electron chi connectivity index (χ0n) is 37.8. The van der Waals surface area contributed by atoms with E-state index >= 15 is 0 Å². The van der Waals surface area contributed by atoms with Crippen LogP contribution in [0.2, 0.25) is 0 Å². The second-order valence-corrected chi connectivity index (χ2v) is 17.8. The normalized spacial score (nSPS) is 11.7. The molecule has 324 valence electrons. The molecule has 1 aliphatic heterocycles. The minimum absolute atomic E-state index is 1.11. The van der Waals surface area contributed by atoms with Gasteiger partial charge in [-0.2, -0.15) is 0 Å². The Bertz CT molecular complexity index is 3830. The van der Waals surface area contributed by atoms with Gasteiger partial charge in [-0.1, -0.05) is 176 Å². The summed E-state index contributed by atoms with van der Waals surface area (Å²) in [6.45, 7) is 0. The van der Waals surface area contributed by atoms with E-state index in [9.17, 15) is 0 Å². The van der Waals surface area contributed by atoms with Gasteiger partial charge in [0.25, 0.3) is 0 Å². The molecular formula is C66H45N3. The molecule has 0 aromatic heterocycles. The van der Waals surface area contributed by atoms with Gasteiger partial charge in [0.1, 0.15) is 0 Å². The maximum absolute atomic E-state index is 2.45. The van der Waals surface area contributed by atoms with Gasteiger partial charge in [-0.25, -0.2) is 0 Å². The summed E-state index contributed by atoms with van der Waals surface area (Å²) in [5.41, 5.74) is 17.3. The fraction of sp³-hybridized carbons (Fsp3) is 0. The molecule has 3 heteroatoms. The lowest BCUT2D eigenvalue weighted by Crippen LogP contribution is -2.15. The maximum atomic E-state index is 2.45. The van der Waals surface area contributed by atoms with E-state index in [2.05, 4.69) is 288 Å². The quantitative estimate of drug-likeness (QED) is 0.143. The summed E-state index contributed by atoms with van der Waals surface area (Å²) in [4.78, 5) is 7.14. The molecule has 12 aromatic carbocycles. The van der Waals surface area contributed by atoms with Crippen LogP contribution in [0.1, 0.15) is 0 Å². The van der Waals surface area contributed by atoms with Crippen molar-refractivity contribution in [1.29, 1.82) is 0 Å². The summed E-state index contributed by atoms with van der Waals surface area (Å²) < 4.78 is 0. The Morgan fingerprint density at radius 2 is 0.696 bits per heavy atom. The number of anilines is 9. The molecule has 3 nitrogen and oxygen atoms in total. The number of fused-ring (bicyclic) bond motifs is 4. The second kappa shape index (κ2) is 16.9. The summed E-state index contributed by atoms with van der Waals surface area (Å²) in [6.07, 6.45) is 0. The van der Waals surface area contributed by atoms with Gasteiger partial charge in [-0.3, -0.25) is 0 Å². The first-order chi connectivity index (χ1) is 34.2. The van der Waals surface area contributed by atoms with Gasteiger partial charge in [0.15, 0.2) is 0 Å². The molecule has 0 saturated heterocycles. The van der Waals surface area contributed by atoms with Crippen molar-refractivity contribution in [2.45, 2.75) is 0 Å². The van der Waals surface area contributed by atoms with Crippen molar-refractivity contribution < 1.29 is 0 Å². The molecule has 12 aromatic rings. The van der Waals surface area contributed by atoms with E-state index in [1.807, 2.05) is 0 Å². The van der Waals surface area contributed by atoms with Gasteiger partial charge in [0.2, 0.25) is 0 Å². The summed E-state index contributed by atoms with van der Waals surface area (Å²) in [5, 5.41) is 7.39.